The van der Waals surface area contributed by atoms with Gasteiger partial charge in [-0.15, -0.1) is 10.2 Å². The zero-order chi connectivity index (χ0) is 12.3. The number of methoxy groups -OCH3 is 1. The Morgan fingerprint density at radius 3 is 2.65 bits per heavy atom. The first-order chi connectivity index (χ1) is 8.16. The van der Waals surface area contributed by atoms with E-state index in [9.17, 15) is 0 Å². The maximum atomic E-state index is 6.29. The van der Waals surface area contributed by atoms with E-state index in [1.807, 2.05) is 0 Å². The molecule has 0 aliphatic heterocycles. The smallest absolute Gasteiger partial charge is 0.176 e. The van der Waals surface area contributed by atoms with Crippen LogP contribution in [0.5, 0.6) is 0 Å². The highest BCUT2D eigenvalue weighted by atomic mass is 16.5. The summed E-state index contributed by atoms with van der Waals surface area (Å²) < 4.78 is 5.71. The van der Waals surface area contributed by atoms with E-state index in [4.69, 9.17) is 10.5 Å². The van der Waals surface area contributed by atoms with E-state index in [0.29, 0.717) is 12.2 Å². The summed E-state index contributed by atoms with van der Waals surface area (Å²) in [5.74, 6) is 0.696. The largest absolute Gasteiger partial charge is 0.377 e. The SMILES string of the molecule is COC1(C(N)Cc2nnn(C)n2)CCCCC1. The van der Waals surface area contributed by atoms with Gasteiger partial charge in [-0.25, -0.2) is 0 Å². The fraction of sp³-hybridized carbons (Fsp3) is 0.909. The van der Waals surface area contributed by atoms with Gasteiger partial charge in [0, 0.05) is 19.6 Å². The topological polar surface area (TPSA) is 78.9 Å². The van der Waals surface area contributed by atoms with Crippen LogP contribution >= 0.6 is 0 Å². The van der Waals surface area contributed by atoms with Crippen molar-refractivity contribution in [3.05, 3.63) is 5.82 Å². The van der Waals surface area contributed by atoms with E-state index >= 15 is 0 Å². The fourth-order valence-corrected chi connectivity index (χ4v) is 2.66. The molecule has 1 aromatic rings. The minimum absolute atomic E-state index is 0.0583. The molecule has 1 atom stereocenters. The van der Waals surface area contributed by atoms with Gasteiger partial charge in [-0.3, -0.25) is 0 Å². The van der Waals surface area contributed by atoms with Crippen molar-refractivity contribution in [2.24, 2.45) is 12.8 Å². The maximum absolute atomic E-state index is 6.29. The van der Waals surface area contributed by atoms with Gasteiger partial charge in [-0.2, -0.15) is 4.80 Å². The third kappa shape index (κ3) is 2.63. The van der Waals surface area contributed by atoms with E-state index < -0.39 is 0 Å². The third-order valence-corrected chi connectivity index (χ3v) is 3.73. The highest BCUT2D eigenvalue weighted by Gasteiger charge is 2.38. The van der Waals surface area contributed by atoms with Crippen LogP contribution in [0.15, 0.2) is 0 Å². The normalized spacial score (nSPS) is 21.4. The first kappa shape index (κ1) is 12.4. The molecule has 2 rings (SSSR count). The number of aryl methyl sites for hydroxylation is 1. The number of hydrogen-bond acceptors (Lipinski definition) is 5. The van der Waals surface area contributed by atoms with Crippen LogP contribution in [0.1, 0.15) is 37.9 Å². The fourth-order valence-electron chi connectivity index (χ4n) is 2.66. The molecule has 0 bridgehead atoms. The van der Waals surface area contributed by atoms with Gasteiger partial charge in [-0.05, 0) is 18.1 Å². The lowest BCUT2D eigenvalue weighted by Gasteiger charge is -2.40. The van der Waals surface area contributed by atoms with Crippen molar-refractivity contribution in [2.75, 3.05) is 7.11 Å². The Morgan fingerprint density at radius 2 is 2.12 bits per heavy atom. The standard InChI is InChI=1S/C11H21N5O/c1-16-14-10(13-15-16)8-9(12)11(17-2)6-4-3-5-7-11/h9H,3-8,12H2,1-2H3. The summed E-state index contributed by atoms with van der Waals surface area (Å²) in [6.07, 6.45) is 6.35. The average molecular weight is 239 g/mol. The lowest BCUT2D eigenvalue weighted by Crippen LogP contribution is -2.52. The molecule has 17 heavy (non-hydrogen) atoms. The van der Waals surface area contributed by atoms with Crippen molar-refractivity contribution >= 4 is 0 Å². The number of hydrogen-bond donors (Lipinski definition) is 1. The highest BCUT2D eigenvalue weighted by molar-refractivity contribution is 4.98. The van der Waals surface area contributed by atoms with Crippen molar-refractivity contribution in [3.63, 3.8) is 0 Å². The summed E-state index contributed by atoms with van der Waals surface area (Å²) in [6.45, 7) is 0. The van der Waals surface area contributed by atoms with Crippen molar-refractivity contribution in [3.8, 4) is 0 Å². The Kier molecular flexibility index (Phi) is 3.73. The predicted octanol–water partition coefficient (Wildman–Crippen LogP) is 0.429. The van der Waals surface area contributed by atoms with Crippen LogP contribution in [0.4, 0.5) is 0 Å². The molecule has 1 aliphatic carbocycles. The molecule has 2 N–H and O–H groups in total. The highest BCUT2D eigenvalue weighted by Crippen LogP contribution is 2.34. The molecule has 96 valence electrons. The van der Waals surface area contributed by atoms with E-state index in [2.05, 4.69) is 15.4 Å². The predicted molar refractivity (Wildman–Crippen MR) is 63.3 cm³/mol. The molecule has 1 aliphatic rings. The molecule has 0 amide bonds. The van der Waals surface area contributed by atoms with Gasteiger partial charge >= 0.3 is 0 Å². The zero-order valence-corrected chi connectivity index (χ0v) is 10.6. The monoisotopic (exact) mass is 239 g/mol. The summed E-state index contributed by atoms with van der Waals surface area (Å²) in [7, 11) is 3.52. The Hall–Kier alpha value is -1.01. The van der Waals surface area contributed by atoms with Crippen LogP contribution in [-0.4, -0.2) is 39.0 Å². The Bertz CT molecular complexity index is 358. The minimum Gasteiger partial charge on any atom is -0.377 e. The van der Waals surface area contributed by atoms with Gasteiger partial charge < -0.3 is 10.5 Å². The maximum Gasteiger partial charge on any atom is 0.176 e. The molecule has 1 aromatic heterocycles. The average Bonchev–Trinajstić information content (AvgIpc) is 2.75. The first-order valence-corrected chi connectivity index (χ1v) is 6.20. The molecule has 1 saturated carbocycles. The number of nitrogens with two attached hydrogens (primary N) is 1. The van der Waals surface area contributed by atoms with E-state index in [-0.39, 0.29) is 11.6 Å². The van der Waals surface area contributed by atoms with E-state index in [0.717, 1.165) is 12.8 Å². The van der Waals surface area contributed by atoms with Crippen molar-refractivity contribution in [1.82, 2.24) is 20.2 Å². The van der Waals surface area contributed by atoms with Crippen LogP contribution < -0.4 is 5.73 Å². The van der Waals surface area contributed by atoms with Crippen molar-refractivity contribution in [1.29, 1.82) is 0 Å². The van der Waals surface area contributed by atoms with Gasteiger partial charge in [-0.1, -0.05) is 19.3 Å². The Labute approximate surface area is 102 Å². The van der Waals surface area contributed by atoms with Gasteiger partial charge in [0.1, 0.15) is 0 Å². The molecule has 0 saturated heterocycles. The van der Waals surface area contributed by atoms with Gasteiger partial charge in [0.2, 0.25) is 0 Å². The molecule has 1 fully saturated rings. The molecule has 0 aromatic carbocycles. The summed E-state index contributed by atoms with van der Waals surface area (Å²) >= 11 is 0. The lowest BCUT2D eigenvalue weighted by molar-refractivity contribution is -0.0586. The summed E-state index contributed by atoms with van der Waals surface area (Å²) in [6, 6.07) is -0.0583. The first-order valence-electron chi connectivity index (χ1n) is 6.20. The van der Waals surface area contributed by atoms with Gasteiger partial charge in [0.05, 0.1) is 12.6 Å². The molecular formula is C11H21N5O. The molecule has 0 spiro atoms. The zero-order valence-electron chi connectivity index (χ0n) is 10.6. The van der Waals surface area contributed by atoms with Crippen LogP contribution in [-0.2, 0) is 18.2 Å². The number of ether oxygens (including phenoxy) is 1. The number of aromatic nitrogens is 4. The summed E-state index contributed by atoms with van der Waals surface area (Å²) in [5.41, 5.74) is 6.10. The quantitative estimate of drug-likeness (QED) is 0.824. The second kappa shape index (κ2) is 5.10. The third-order valence-electron chi connectivity index (χ3n) is 3.73. The summed E-state index contributed by atoms with van der Waals surface area (Å²) in [5, 5.41) is 12.0. The second-order valence-electron chi connectivity index (χ2n) is 4.84. The minimum atomic E-state index is -0.197. The molecular weight excluding hydrogens is 218 g/mol. The number of tetrazole rings is 1. The number of rotatable bonds is 4. The molecule has 0 radical (unpaired) electrons. The molecule has 1 heterocycles. The molecule has 6 heteroatoms. The van der Waals surface area contributed by atoms with Crippen LogP contribution in [0, 0.1) is 0 Å². The summed E-state index contributed by atoms with van der Waals surface area (Å²) in [4.78, 5) is 1.46. The van der Waals surface area contributed by atoms with E-state index in [1.165, 1.54) is 24.1 Å². The van der Waals surface area contributed by atoms with Crippen molar-refractivity contribution < 1.29 is 4.74 Å². The molecule has 6 nitrogen and oxygen atoms in total. The van der Waals surface area contributed by atoms with Gasteiger partial charge in [0.25, 0.3) is 0 Å². The van der Waals surface area contributed by atoms with Crippen LogP contribution in [0.2, 0.25) is 0 Å². The molecule has 1 unspecified atom stereocenters. The Morgan fingerprint density at radius 1 is 1.41 bits per heavy atom. The van der Waals surface area contributed by atoms with Crippen LogP contribution in [0.3, 0.4) is 0 Å². The van der Waals surface area contributed by atoms with E-state index in [1.54, 1.807) is 14.2 Å². The van der Waals surface area contributed by atoms with Crippen molar-refractivity contribution in [2.45, 2.75) is 50.2 Å². The second-order valence-corrected chi connectivity index (χ2v) is 4.84. The Balaban J connectivity index is 2.04. The number of nitrogens with zero attached hydrogens (tertiary/aromatic N) is 4. The van der Waals surface area contributed by atoms with Gasteiger partial charge in [0.15, 0.2) is 5.82 Å². The van der Waals surface area contributed by atoms with Crippen LogP contribution in [0.25, 0.3) is 0 Å². The lowest BCUT2D eigenvalue weighted by atomic mass is 9.78.